The van der Waals surface area contributed by atoms with Crippen LogP contribution in [0, 0.1) is 5.92 Å². The number of carbonyl (C=O) groups is 3. The third-order valence-electron chi connectivity index (χ3n) is 4.83. The van der Waals surface area contributed by atoms with Crippen molar-refractivity contribution >= 4 is 18.0 Å². The molecule has 0 unspecified atom stereocenters. The summed E-state index contributed by atoms with van der Waals surface area (Å²) in [6.07, 6.45) is 3.69. The molecule has 1 aliphatic heterocycles. The molecule has 1 atom stereocenters. The summed E-state index contributed by atoms with van der Waals surface area (Å²) in [5.41, 5.74) is 1.26. The first kappa shape index (κ1) is 18.9. The van der Waals surface area contributed by atoms with Crippen molar-refractivity contribution in [1.82, 2.24) is 10.6 Å². The molecular formula is C20H24N2O5. The Kier molecular flexibility index (Phi) is 6.11. The minimum absolute atomic E-state index is 0.0982. The standard InChI is InChI=1S/C20H24N2O5/c1-2-26-19(24)16-15(12-27-18(23)14-10-6-7-11-14)21-20(25)22-17(16)13-8-4-3-5-9-13/h3-5,8-9,14,17H,2,6-7,10-12H2,1H3,(H2,21,22,25)/t17-/m0/s1. The van der Waals surface area contributed by atoms with Crippen molar-refractivity contribution in [3.8, 4) is 0 Å². The second-order valence-electron chi connectivity index (χ2n) is 6.64. The van der Waals surface area contributed by atoms with Crippen LogP contribution >= 0.6 is 0 Å². The number of benzene rings is 1. The first-order valence-corrected chi connectivity index (χ1v) is 9.29. The number of hydrogen-bond acceptors (Lipinski definition) is 5. The van der Waals surface area contributed by atoms with Crippen molar-refractivity contribution in [2.45, 2.75) is 38.6 Å². The molecule has 144 valence electrons. The van der Waals surface area contributed by atoms with Crippen LogP contribution in [-0.4, -0.2) is 31.2 Å². The lowest BCUT2D eigenvalue weighted by Gasteiger charge is -2.29. The van der Waals surface area contributed by atoms with Crippen LogP contribution in [-0.2, 0) is 19.1 Å². The molecule has 7 heteroatoms. The van der Waals surface area contributed by atoms with Gasteiger partial charge in [-0.1, -0.05) is 43.2 Å². The number of nitrogens with one attached hydrogen (secondary N) is 2. The highest BCUT2D eigenvalue weighted by Crippen LogP contribution is 2.29. The molecular weight excluding hydrogens is 348 g/mol. The van der Waals surface area contributed by atoms with Crippen LogP contribution in [0.5, 0.6) is 0 Å². The summed E-state index contributed by atoms with van der Waals surface area (Å²) >= 11 is 0. The zero-order valence-corrected chi connectivity index (χ0v) is 15.3. The van der Waals surface area contributed by atoms with E-state index in [1.165, 1.54) is 0 Å². The molecule has 2 aliphatic rings. The van der Waals surface area contributed by atoms with E-state index in [4.69, 9.17) is 9.47 Å². The smallest absolute Gasteiger partial charge is 0.338 e. The molecule has 7 nitrogen and oxygen atoms in total. The Morgan fingerprint density at radius 2 is 1.81 bits per heavy atom. The van der Waals surface area contributed by atoms with Crippen LogP contribution in [0.15, 0.2) is 41.6 Å². The second kappa shape index (κ2) is 8.70. The molecule has 0 bridgehead atoms. The van der Waals surface area contributed by atoms with E-state index in [1.54, 1.807) is 6.92 Å². The maximum Gasteiger partial charge on any atom is 0.338 e. The molecule has 1 aromatic rings. The summed E-state index contributed by atoms with van der Waals surface area (Å²) in [7, 11) is 0. The van der Waals surface area contributed by atoms with Crippen LogP contribution in [0.2, 0.25) is 0 Å². The van der Waals surface area contributed by atoms with Crippen molar-refractivity contribution in [1.29, 1.82) is 0 Å². The molecule has 0 spiro atoms. The highest BCUT2D eigenvalue weighted by molar-refractivity contribution is 5.95. The van der Waals surface area contributed by atoms with Crippen molar-refractivity contribution in [2.24, 2.45) is 5.92 Å². The fourth-order valence-electron chi connectivity index (χ4n) is 3.50. The lowest BCUT2D eigenvalue weighted by Crippen LogP contribution is -2.47. The first-order valence-electron chi connectivity index (χ1n) is 9.29. The van der Waals surface area contributed by atoms with Gasteiger partial charge in [0.25, 0.3) is 0 Å². The number of urea groups is 1. The quantitative estimate of drug-likeness (QED) is 0.749. The maximum atomic E-state index is 12.6. The maximum absolute atomic E-state index is 12.6. The SMILES string of the molecule is CCOC(=O)C1=C(COC(=O)C2CCCC2)NC(=O)N[C@H]1c1ccccc1. The average molecular weight is 372 g/mol. The van der Waals surface area contributed by atoms with E-state index in [0.717, 1.165) is 31.2 Å². The van der Waals surface area contributed by atoms with E-state index in [9.17, 15) is 14.4 Å². The van der Waals surface area contributed by atoms with Gasteiger partial charge in [0.05, 0.1) is 29.8 Å². The van der Waals surface area contributed by atoms with E-state index in [1.807, 2.05) is 30.3 Å². The monoisotopic (exact) mass is 372 g/mol. The predicted molar refractivity (Wildman–Crippen MR) is 97.4 cm³/mol. The largest absolute Gasteiger partial charge is 0.463 e. The molecule has 1 heterocycles. The number of carbonyl (C=O) groups excluding carboxylic acids is 3. The van der Waals surface area contributed by atoms with E-state index < -0.39 is 18.0 Å². The highest BCUT2D eigenvalue weighted by atomic mass is 16.5. The molecule has 1 aliphatic carbocycles. The topological polar surface area (TPSA) is 93.7 Å². The number of hydrogen-bond donors (Lipinski definition) is 2. The van der Waals surface area contributed by atoms with E-state index in [-0.39, 0.29) is 36.4 Å². The van der Waals surface area contributed by atoms with Crippen LogP contribution < -0.4 is 10.6 Å². The first-order chi connectivity index (χ1) is 13.1. The summed E-state index contributed by atoms with van der Waals surface area (Å²) < 4.78 is 10.6. The van der Waals surface area contributed by atoms with Crippen molar-refractivity contribution in [3.05, 3.63) is 47.2 Å². The van der Waals surface area contributed by atoms with Crippen molar-refractivity contribution < 1.29 is 23.9 Å². The van der Waals surface area contributed by atoms with Crippen molar-refractivity contribution in [3.63, 3.8) is 0 Å². The zero-order chi connectivity index (χ0) is 19.2. The lowest BCUT2D eigenvalue weighted by molar-refractivity contribution is -0.147. The van der Waals surface area contributed by atoms with Gasteiger partial charge in [-0.05, 0) is 25.3 Å². The molecule has 1 aromatic carbocycles. The fourth-order valence-corrected chi connectivity index (χ4v) is 3.50. The molecule has 2 amide bonds. The summed E-state index contributed by atoms with van der Waals surface area (Å²) in [5.74, 6) is -0.933. The summed E-state index contributed by atoms with van der Waals surface area (Å²) in [4.78, 5) is 37.0. The lowest BCUT2D eigenvalue weighted by atomic mass is 9.95. The number of ether oxygens (including phenoxy) is 2. The Bertz CT molecular complexity index is 738. The van der Waals surface area contributed by atoms with Crippen LogP contribution in [0.1, 0.15) is 44.2 Å². The number of esters is 2. The van der Waals surface area contributed by atoms with Gasteiger partial charge in [-0.2, -0.15) is 0 Å². The Labute approximate surface area is 158 Å². The van der Waals surface area contributed by atoms with Gasteiger partial charge in [0.15, 0.2) is 0 Å². The van der Waals surface area contributed by atoms with Gasteiger partial charge in [-0.3, -0.25) is 4.79 Å². The molecule has 0 radical (unpaired) electrons. The van der Waals surface area contributed by atoms with Crippen molar-refractivity contribution in [2.75, 3.05) is 13.2 Å². The minimum Gasteiger partial charge on any atom is -0.463 e. The molecule has 27 heavy (non-hydrogen) atoms. The Hall–Kier alpha value is -2.83. The van der Waals surface area contributed by atoms with Gasteiger partial charge < -0.3 is 20.1 Å². The van der Waals surface area contributed by atoms with Gasteiger partial charge in [0.1, 0.15) is 6.61 Å². The number of amides is 2. The van der Waals surface area contributed by atoms with Gasteiger partial charge in [-0.15, -0.1) is 0 Å². The molecule has 1 fully saturated rings. The Balaban J connectivity index is 1.87. The van der Waals surface area contributed by atoms with E-state index in [2.05, 4.69) is 10.6 Å². The Morgan fingerprint density at radius 3 is 2.48 bits per heavy atom. The Morgan fingerprint density at radius 1 is 1.11 bits per heavy atom. The minimum atomic E-state index is -0.667. The summed E-state index contributed by atoms with van der Waals surface area (Å²) in [6, 6.07) is 8.01. The summed E-state index contributed by atoms with van der Waals surface area (Å²) in [6.45, 7) is 1.75. The number of rotatable bonds is 6. The van der Waals surface area contributed by atoms with Gasteiger partial charge in [0.2, 0.25) is 0 Å². The fraction of sp³-hybridized carbons (Fsp3) is 0.450. The summed E-state index contributed by atoms with van der Waals surface area (Å²) in [5, 5.41) is 5.35. The van der Waals surface area contributed by atoms with Crippen LogP contribution in [0.25, 0.3) is 0 Å². The molecule has 3 rings (SSSR count). The van der Waals surface area contributed by atoms with Crippen LogP contribution in [0.4, 0.5) is 4.79 Å². The molecule has 0 aromatic heterocycles. The van der Waals surface area contributed by atoms with Gasteiger partial charge >= 0.3 is 18.0 Å². The van der Waals surface area contributed by atoms with Gasteiger partial charge in [-0.25, -0.2) is 9.59 Å². The average Bonchev–Trinajstić information content (AvgIpc) is 3.21. The van der Waals surface area contributed by atoms with Gasteiger partial charge in [0, 0.05) is 0 Å². The predicted octanol–water partition coefficient (Wildman–Crippen LogP) is 2.59. The van der Waals surface area contributed by atoms with E-state index >= 15 is 0 Å². The normalized spacial score (nSPS) is 20.0. The van der Waals surface area contributed by atoms with E-state index in [0.29, 0.717) is 0 Å². The highest BCUT2D eigenvalue weighted by Gasteiger charge is 2.34. The third-order valence-corrected chi connectivity index (χ3v) is 4.83. The van der Waals surface area contributed by atoms with Crippen LogP contribution in [0.3, 0.4) is 0 Å². The third kappa shape index (κ3) is 4.48. The molecule has 2 N–H and O–H groups in total. The molecule has 1 saturated carbocycles. The second-order valence-corrected chi connectivity index (χ2v) is 6.64. The molecule has 0 saturated heterocycles. The zero-order valence-electron chi connectivity index (χ0n) is 15.3.